The van der Waals surface area contributed by atoms with Gasteiger partial charge in [0.15, 0.2) is 29.5 Å². The van der Waals surface area contributed by atoms with E-state index >= 15 is 0 Å². The number of alkyl halides is 3. The van der Waals surface area contributed by atoms with E-state index in [9.17, 15) is 35.1 Å². The summed E-state index contributed by atoms with van der Waals surface area (Å²) in [5.74, 6) is -14.4. The van der Waals surface area contributed by atoms with Crippen LogP contribution in [0.5, 0.6) is 0 Å². The van der Waals surface area contributed by atoms with E-state index in [1.807, 2.05) is 0 Å². The molecule has 0 heterocycles. The fourth-order valence-corrected chi connectivity index (χ4v) is 1.75. The lowest BCUT2D eigenvalue weighted by Gasteiger charge is -2.26. The highest BCUT2D eigenvalue weighted by molar-refractivity contribution is 5.77. The molecule has 20 heavy (non-hydrogen) atoms. The number of halogens is 8. The molecule has 0 saturated carbocycles. The van der Waals surface area contributed by atoms with Crippen LogP contribution in [0.3, 0.4) is 0 Å². The Morgan fingerprint density at radius 1 is 0.950 bits per heavy atom. The van der Waals surface area contributed by atoms with Crippen molar-refractivity contribution < 1.29 is 35.1 Å². The van der Waals surface area contributed by atoms with Crippen LogP contribution in [0.4, 0.5) is 35.1 Å². The fraction of sp³-hybridized carbons (Fsp3) is 0.167. The molecular weight excluding hydrogens is 296 g/mol. The van der Waals surface area contributed by atoms with E-state index in [1.165, 1.54) is 0 Å². The summed E-state index contributed by atoms with van der Waals surface area (Å²) in [7, 11) is 0. The van der Waals surface area contributed by atoms with Gasteiger partial charge in [-0.2, -0.15) is 8.78 Å². The molecule has 1 aromatic rings. The summed E-state index contributed by atoms with van der Waals surface area (Å²) < 4.78 is 106. The highest BCUT2D eigenvalue weighted by Gasteiger charge is 2.50. The molecule has 2 rings (SSSR count). The van der Waals surface area contributed by atoms with Crippen molar-refractivity contribution in [2.24, 2.45) is 0 Å². The van der Waals surface area contributed by atoms with Gasteiger partial charge in [-0.25, -0.2) is 26.3 Å². The van der Waals surface area contributed by atoms with Crippen molar-refractivity contribution in [2.75, 3.05) is 0 Å². The van der Waals surface area contributed by atoms with Gasteiger partial charge >= 0.3 is 5.92 Å². The normalized spacial score (nSPS) is 22.0. The average molecular weight is 300 g/mol. The van der Waals surface area contributed by atoms with E-state index in [0.29, 0.717) is 0 Å². The van der Waals surface area contributed by atoms with E-state index < -0.39 is 52.3 Å². The molecule has 0 nitrogen and oxygen atoms in total. The van der Waals surface area contributed by atoms with Crippen LogP contribution in [0.1, 0.15) is 5.56 Å². The summed E-state index contributed by atoms with van der Waals surface area (Å²) in [4.78, 5) is 0. The number of hydrogen-bond donors (Lipinski definition) is 0. The summed E-state index contributed by atoms with van der Waals surface area (Å²) in [5, 5.41) is 0. The molecular formula is C12H4F8. The van der Waals surface area contributed by atoms with Gasteiger partial charge in [0.05, 0.1) is 5.57 Å². The van der Waals surface area contributed by atoms with Gasteiger partial charge < -0.3 is 0 Å². The second-order valence-electron chi connectivity index (χ2n) is 3.98. The summed E-state index contributed by atoms with van der Waals surface area (Å²) in [6, 6.07) is 0.0595. The van der Waals surface area contributed by atoms with Crippen molar-refractivity contribution >= 4 is 5.57 Å². The van der Waals surface area contributed by atoms with Crippen molar-refractivity contribution in [1.82, 2.24) is 0 Å². The first-order valence-electron chi connectivity index (χ1n) is 5.11. The van der Waals surface area contributed by atoms with Crippen molar-refractivity contribution in [3.63, 3.8) is 0 Å². The first-order chi connectivity index (χ1) is 9.16. The van der Waals surface area contributed by atoms with Gasteiger partial charge in [-0.3, -0.25) is 0 Å². The van der Waals surface area contributed by atoms with Crippen LogP contribution in [-0.4, -0.2) is 12.1 Å². The van der Waals surface area contributed by atoms with Crippen LogP contribution in [0, 0.1) is 17.5 Å². The number of hydrogen-bond acceptors (Lipinski definition) is 0. The average Bonchev–Trinajstić information content (AvgIpc) is 2.33. The molecule has 0 amide bonds. The number of allylic oxidation sites excluding steroid dienone is 4. The predicted octanol–water partition coefficient (Wildman–Crippen LogP) is 4.62. The lowest BCUT2D eigenvalue weighted by Crippen LogP contribution is -2.34. The van der Waals surface area contributed by atoms with Crippen LogP contribution < -0.4 is 0 Å². The molecule has 0 N–H and O–H groups in total. The zero-order valence-corrected chi connectivity index (χ0v) is 9.33. The SMILES string of the molecule is FC1=C[C@@H](F)C(F)(F)C(c2cc(F)cc(F)c2F)=C1F. The zero-order chi connectivity index (χ0) is 15.2. The van der Waals surface area contributed by atoms with E-state index in [-0.39, 0.29) is 18.2 Å². The molecule has 0 radical (unpaired) electrons. The molecule has 1 atom stereocenters. The number of benzene rings is 1. The van der Waals surface area contributed by atoms with Gasteiger partial charge in [-0.1, -0.05) is 0 Å². The summed E-state index contributed by atoms with van der Waals surface area (Å²) >= 11 is 0. The molecule has 8 heteroatoms. The summed E-state index contributed by atoms with van der Waals surface area (Å²) in [6.07, 6.45) is -3.63. The Morgan fingerprint density at radius 3 is 2.15 bits per heavy atom. The fourth-order valence-electron chi connectivity index (χ4n) is 1.75. The Bertz CT molecular complexity index is 629. The third-order valence-electron chi connectivity index (χ3n) is 2.66. The maximum Gasteiger partial charge on any atom is 0.311 e. The Labute approximate surface area is 107 Å². The van der Waals surface area contributed by atoms with Gasteiger partial charge in [0.2, 0.25) is 0 Å². The predicted molar refractivity (Wildman–Crippen MR) is 53.4 cm³/mol. The highest BCUT2D eigenvalue weighted by atomic mass is 19.3. The minimum Gasteiger partial charge on any atom is -0.236 e. The molecule has 0 aromatic heterocycles. The molecule has 0 bridgehead atoms. The summed E-state index contributed by atoms with van der Waals surface area (Å²) in [5.41, 5.74) is -3.64. The molecule has 0 aliphatic heterocycles. The Balaban J connectivity index is 2.78. The van der Waals surface area contributed by atoms with Gasteiger partial charge in [0, 0.05) is 11.6 Å². The molecule has 1 aliphatic rings. The third-order valence-corrected chi connectivity index (χ3v) is 2.66. The first kappa shape index (κ1) is 14.5. The van der Waals surface area contributed by atoms with Gasteiger partial charge in [-0.05, 0) is 12.1 Å². The van der Waals surface area contributed by atoms with Crippen LogP contribution in [0.15, 0.2) is 29.9 Å². The zero-order valence-electron chi connectivity index (χ0n) is 9.33. The van der Waals surface area contributed by atoms with Crippen LogP contribution >= 0.6 is 0 Å². The Kier molecular flexibility index (Phi) is 3.35. The standard InChI is InChI=1S/C12H4F8/c13-4-1-5(10(17)6(14)2-4)9-11(18)7(15)3-8(16)12(9,19)20/h1-3,8H/t8-/m1/s1. The van der Waals surface area contributed by atoms with Crippen molar-refractivity contribution in [3.05, 3.63) is 52.9 Å². The second-order valence-corrected chi connectivity index (χ2v) is 3.98. The van der Waals surface area contributed by atoms with E-state index in [2.05, 4.69) is 0 Å². The van der Waals surface area contributed by atoms with Crippen molar-refractivity contribution in [1.29, 1.82) is 0 Å². The van der Waals surface area contributed by atoms with Gasteiger partial charge in [-0.15, -0.1) is 0 Å². The second kappa shape index (κ2) is 4.60. The molecule has 0 fully saturated rings. The van der Waals surface area contributed by atoms with E-state index in [1.54, 1.807) is 0 Å². The molecule has 0 saturated heterocycles. The topological polar surface area (TPSA) is 0 Å². The Morgan fingerprint density at radius 2 is 1.55 bits per heavy atom. The minimum atomic E-state index is -4.67. The molecule has 0 unspecified atom stereocenters. The first-order valence-corrected chi connectivity index (χ1v) is 5.11. The molecule has 0 spiro atoms. The third kappa shape index (κ3) is 2.08. The maximum absolute atomic E-state index is 13.5. The molecule has 108 valence electrons. The maximum atomic E-state index is 13.5. The number of rotatable bonds is 1. The van der Waals surface area contributed by atoms with E-state index in [4.69, 9.17) is 0 Å². The molecule has 1 aromatic carbocycles. The highest BCUT2D eigenvalue weighted by Crippen LogP contribution is 2.46. The smallest absolute Gasteiger partial charge is 0.236 e. The minimum absolute atomic E-state index is 0.0252. The van der Waals surface area contributed by atoms with Crippen LogP contribution in [0.25, 0.3) is 5.57 Å². The van der Waals surface area contributed by atoms with Crippen molar-refractivity contribution in [2.45, 2.75) is 12.1 Å². The quantitative estimate of drug-likeness (QED) is 0.524. The largest absolute Gasteiger partial charge is 0.311 e. The van der Waals surface area contributed by atoms with E-state index in [0.717, 1.165) is 0 Å². The van der Waals surface area contributed by atoms with Gasteiger partial charge in [0.25, 0.3) is 0 Å². The van der Waals surface area contributed by atoms with Crippen LogP contribution in [-0.2, 0) is 0 Å². The van der Waals surface area contributed by atoms with Gasteiger partial charge in [0.1, 0.15) is 5.82 Å². The van der Waals surface area contributed by atoms with Crippen LogP contribution in [0.2, 0.25) is 0 Å². The van der Waals surface area contributed by atoms with Crippen molar-refractivity contribution in [3.8, 4) is 0 Å². The lowest BCUT2D eigenvalue weighted by molar-refractivity contribution is -0.000777. The monoisotopic (exact) mass is 300 g/mol. The lowest BCUT2D eigenvalue weighted by atomic mass is 9.90. The molecule has 1 aliphatic carbocycles. The Hall–Kier alpha value is -1.86. The summed E-state index contributed by atoms with van der Waals surface area (Å²) in [6.45, 7) is 0.